The van der Waals surface area contributed by atoms with Gasteiger partial charge in [0, 0.05) is 25.7 Å². The van der Waals surface area contributed by atoms with Gasteiger partial charge in [-0.1, -0.05) is 0 Å². The number of nitrogens with zero attached hydrogens (tertiary/aromatic N) is 3. The van der Waals surface area contributed by atoms with Gasteiger partial charge in [-0.3, -0.25) is 4.79 Å². The SMILES string of the molecule is CNC(=O)C1CCCN(c2ncnc(N)c2C)C1. The summed E-state index contributed by atoms with van der Waals surface area (Å²) in [4.78, 5) is 22.1. The van der Waals surface area contributed by atoms with Crippen LogP contribution in [0.25, 0.3) is 0 Å². The Labute approximate surface area is 107 Å². The first-order chi connectivity index (χ1) is 8.63. The Morgan fingerprint density at radius 2 is 2.33 bits per heavy atom. The Hall–Kier alpha value is -1.85. The van der Waals surface area contributed by atoms with Gasteiger partial charge in [-0.25, -0.2) is 9.97 Å². The van der Waals surface area contributed by atoms with Crippen molar-refractivity contribution in [3.63, 3.8) is 0 Å². The molecule has 0 aliphatic carbocycles. The molecule has 0 spiro atoms. The molecule has 3 N–H and O–H groups in total. The summed E-state index contributed by atoms with van der Waals surface area (Å²) in [6.45, 7) is 3.51. The molecule has 0 bridgehead atoms. The molecule has 1 atom stereocenters. The maximum atomic E-state index is 11.7. The third-order valence-electron chi connectivity index (χ3n) is 3.43. The van der Waals surface area contributed by atoms with E-state index in [1.165, 1.54) is 6.33 Å². The third kappa shape index (κ3) is 2.37. The Kier molecular flexibility index (Phi) is 3.64. The number of nitrogens with one attached hydrogen (secondary N) is 1. The Morgan fingerprint density at radius 1 is 1.56 bits per heavy atom. The second-order valence-corrected chi connectivity index (χ2v) is 4.61. The number of piperidine rings is 1. The zero-order valence-electron chi connectivity index (χ0n) is 10.8. The topological polar surface area (TPSA) is 84.1 Å². The van der Waals surface area contributed by atoms with Crippen molar-refractivity contribution in [2.45, 2.75) is 19.8 Å². The van der Waals surface area contributed by atoms with Gasteiger partial charge in [0.2, 0.25) is 5.91 Å². The molecule has 98 valence electrons. The van der Waals surface area contributed by atoms with E-state index in [0.29, 0.717) is 12.4 Å². The first-order valence-corrected chi connectivity index (χ1v) is 6.17. The molecular formula is C12H19N5O. The minimum atomic E-state index is 0.0272. The molecule has 1 aromatic rings. The van der Waals surface area contributed by atoms with Gasteiger partial charge in [0.25, 0.3) is 0 Å². The van der Waals surface area contributed by atoms with Gasteiger partial charge in [0.1, 0.15) is 18.0 Å². The maximum Gasteiger partial charge on any atom is 0.224 e. The lowest BCUT2D eigenvalue weighted by Crippen LogP contribution is -2.42. The molecule has 1 saturated heterocycles. The van der Waals surface area contributed by atoms with Gasteiger partial charge in [0.15, 0.2) is 0 Å². The Bertz CT molecular complexity index is 448. The highest BCUT2D eigenvalue weighted by Gasteiger charge is 2.26. The fourth-order valence-corrected chi connectivity index (χ4v) is 2.36. The number of amides is 1. The number of carbonyl (C=O) groups is 1. The predicted octanol–water partition coefficient (Wildman–Crippen LogP) is 0.330. The molecule has 1 amide bonds. The first kappa shape index (κ1) is 12.6. The summed E-state index contributed by atoms with van der Waals surface area (Å²) in [7, 11) is 1.68. The molecule has 1 aliphatic rings. The molecule has 1 fully saturated rings. The number of hydrogen-bond acceptors (Lipinski definition) is 5. The van der Waals surface area contributed by atoms with E-state index < -0.39 is 0 Å². The quantitative estimate of drug-likeness (QED) is 0.789. The fraction of sp³-hybridized carbons (Fsp3) is 0.583. The molecule has 6 nitrogen and oxygen atoms in total. The van der Waals surface area contributed by atoms with E-state index in [0.717, 1.165) is 30.8 Å². The lowest BCUT2D eigenvalue weighted by atomic mass is 9.97. The van der Waals surface area contributed by atoms with Crippen molar-refractivity contribution < 1.29 is 4.79 Å². The monoisotopic (exact) mass is 249 g/mol. The summed E-state index contributed by atoms with van der Waals surface area (Å²) in [5.74, 6) is 1.47. The van der Waals surface area contributed by atoms with E-state index in [9.17, 15) is 4.79 Å². The van der Waals surface area contributed by atoms with Crippen molar-refractivity contribution in [2.75, 3.05) is 30.8 Å². The van der Waals surface area contributed by atoms with Crippen LogP contribution in [0.1, 0.15) is 18.4 Å². The molecule has 6 heteroatoms. The zero-order valence-corrected chi connectivity index (χ0v) is 10.8. The van der Waals surface area contributed by atoms with E-state index in [4.69, 9.17) is 5.73 Å². The van der Waals surface area contributed by atoms with Crippen molar-refractivity contribution in [3.05, 3.63) is 11.9 Å². The van der Waals surface area contributed by atoms with Crippen molar-refractivity contribution in [3.8, 4) is 0 Å². The van der Waals surface area contributed by atoms with Crippen LogP contribution in [0.15, 0.2) is 6.33 Å². The number of nitrogen functional groups attached to an aromatic ring is 1. The Morgan fingerprint density at radius 3 is 3.06 bits per heavy atom. The van der Waals surface area contributed by atoms with Gasteiger partial charge in [-0.05, 0) is 19.8 Å². The zero-order chi connectivity index (χ0) is 13.1. The standard InChI is InChI=1S/C12H19N5O/c1-8-10(13)15-7-16-11(8)17-5-3-4-9(6-17)12(18)14-2/h7,9H,3-6H2,1-2H3,(H,14,18)(H2,13,15,16). The van der Waals surface area contributed by atoms with E-state index in [1.807, 2.05) is 6.92 Å². The summed E-state index contributed by atoms with van der Waals surface area (Å²) in [6, 6.07) is 0. The molecular weight excluding hydrogens is 230 g/mol. The molecule has 2 heterocycles. The third-order valence-corrected chi connectivity index (χ3v) is 3.43. The van der Waals surface area contributed by atoms with Crippen LogP contribution in [-0.4, -0.2) is 36.0 Å². The van der Waals surface area contributed by atoms with E-state index in [2.05, 4.69) is 20.2 Å². The molecule has 2 rings (SSSR count). The second kappa shape index (κ2) is 5.20. The number of anilines is 2. The molecule has 0 saturated carbocycles. The highest BCUT2D eigenvalue weighted by atomic mass is 16.1. The van der Waals surface area contributed by atoms with Gasteiger partial charge in [-0.2, -0.15) is 0 Å². The molecule has 0 aromatic carbocycles. The highest BCUT2D eigenvalue weighted by Crippen LogP contribution is 2.25. The van der Waals surface area contributed by atoms with Crippen molar-refractivity contribution >= 4 is 17.5 Å². The number of rotatable bonds is 2. The lowest BCUT2D eigenvalue weighted by molar-refractivity contribution is -0.124. The predicted molar refractivity (Wildman–Crippen MR) is 70.2 cm³/mol. The molecule has 1 unspecified atom stereocenters. The largest absolute Gasteiger partial charge is 0.383 e. The smallest absolute Gasteiger partial charge is 0.224 e. The number of aromatic nitrogens is 2. The number of nitrogens with two attached hydrogens (primary N) is 1. The normalized spacial score (nSPS) is 19.7. The van der Waals surface area contributed by atoms with E-state index >= 15 is 0 Å². The van der Waals surface area contributed by atoms with Crippen LogP contribution in [0.5, 0.6) is 0 Å². The summed E-state index contributed by atoms with van der Waals surface area (Å²) in [5, 5.41) is 2.71. The van der Waals surface area contributed by atoms with Crippen LogP contribution in [0.3, 0.4) is 0 Å². The molecule has 18 heavy (non-hydrogen) atoms. The maximum absolute atomic E-state index is 11.7. The van der Waals surface area contributed by atoms with Crippen molar-refractivity contribution in [2.24, 2.45) is 5.92 Å². The average Bonchev–Trinajstić information content (AvgIpc) is 2.41. The average molecular weight is 249 g/mol. The van der Waals surface area contributed by atoms with Crippen LogP contribution in [0, 0.1) is 12.8 Å². The van der Waals surface area contributed by atoms with Gasteiger partial charge < -0.3 is 16.0 Å². The van der Waals surface area contributed by atoms with E-state index in [1.54, 1.807) is 7.05 Å². The van der Waals surface area contributed by atoms with Gasteiger partial charge in [0.05, 0.1) is 5.92 Å². The lowest BCUT2D eigenvalue weighted by Gasteiger charge is -2.33. The summed E-state index contributed by atoms with van der Waals surface area (Å²) >= 11 is 0. The van der Waals surface area contributed by atoms with Crippen LogP contribution < -0.4 is 16.0 Å². The van der Waals surface area contributed by atoms with Gasteiger partial charge in [-0.15, -0.1) is 0 Å². The minimum Gasteiger partial charge on any atom is -0.383 e. The van der Waals surface area contributed by atoms with E-state index in [-0.39, 0.29) is 11.8 Å². The summed E-state index contributed by atoms with van der Waals surface area (Å²) in [6.07, 6.45) is 3.39. The molecule has 1 aromatic heterocycles. The van der Waals surface area contributed by atoms with Gasteiger partial charge >= 0.3 is 0 Å². The van der Waals surface area contributed by atoms with Crippen LogP contribution in [-0.2, 0) is 4.79 Å². The summed E-state index contributed by atoms with van der Waals surface area (Å²) < 4.78 is 0. The van der Waals surface area contributed by atoms with Crippen molar-refractivity contribution in [1.29, 1.82) is 0 Å². The summed E-state index contributed by atoms with van der Waals surface area (Å²) in [5.41, 5.74) is 6.68. The Balaban J connectivity index is 2.18. The number of carbonyl (C=O) groups excluding carboxylic acids is 1. The highest BCUT2D eigenvalue weighted by molar-refractivity contribution is 5.79. The second-order valence-electron chi connectivity index (χ2n) is 4.61. The van der Waals surface area contributed by atoms with Crippen LogP contribution in [0.2, 0.25) is 0 Å². The molecule has 0 radical (unpaired) electrons. The first-order valence-electron chi connectivity index (χ1n) is 6.17. The fourth-order valence-electron chi connectivity index (χ4n) is 2.36. The van der Waals surface area contributed by atoms with Crippen molar-refractivity contribution in [1.82, 2.24) is 15.3 Å². The number of hydrogen-bond donors (Lipinski definition) is 2. The van der Waals surface area contributed by atoms with Crippen LogP contribution in [0.4, 0.5) is 11.6 Å². The minimum absolute atomic E-state index is 0.0272. The van der Waals surface area contributed by atoms with Crippen LogP contribution >= 0.6 is 0 Å². The molecule has 1 aliphatic heterocycles.